The monoisotopic (exact) mass is 404 g/mol. The Bertz CT molecular complexity index is 798. The summed E-state index contributed by atoms with van der Waals surface area (Å²) < 4.78 is 16.1. The van der Waals surface area contributed by atoms with Crippen LogP contribution in [0.15, 0.2) is 53.0 Å². The van der Waals surface area contributed by atoms with Crippen LogP contribution in [-0.2, 0) is 9.53 Å². The van der Waals surface area contributed by atoms with Crippen molar-refractivity contribution < 1.29 is 23.8 Å². The zero-order valence-electron chi connectivity index (χ0n) is 13.8. The molecule has 0 amide bonds. The maximum absolute atomic E-state index is 12.2. The van der Waals surface area contributed by atoms with E-state index in [-0.39, 0.29) is 12.4 Å². The third-order valence-corrected chi connectivity index (χ3v) is 4.08. The van der Waals surface area contributed by atoms with Crippen molar-refractivity contribution in [1.82, 2.24) is 0 Å². The minimum absolute atomic E-state index is 0.325. The predicted octanol–water partition coefficient (Wildman–Crippen LogP) is 3.91. The quantitative estimate of drug-likeness (QED) is 0.397. The van der Waals surface area contributed by atoms with Crippen molar-refractivity contribution in [3.05, 3.63) is 64.1 Å². The number of hydrogen-bond donors (Lipinski definition) is 0. The summed E-state index contributed by atoms with van der Waals surface area (Å²) in [6.07, 6.45) is 2.89. The molecule has 0 aliphatic rings. The van der Waals surface area contributed by atoms with Crippen molar-refractivity contribution in [2.45, 2.75) is 0 Å². The van der Waals surface area contributed by atoms with E-state index >= 15 is 0 Å². The number of hydrogen-bond acceptors (Lipinski definition) is 5. The molecule has 0 saturated heterocycles. The summed E-state index contributed by atoms with van der Waals surface area (Å²) in [4.78, 5) is 24.0. The number of rotatable bonds is 7. The minimum atomic E-state index is -0.600. The Kier molecular flexibility index (Phi) is 6.77. The molecule has 0 atom stereocenters. The third-order valence-electron chi connectivity index (χ3n) is 3.36. The highest BCUT2D eigenvalue weighted by molar-refractivity contribution is 9.10. The number of carbonyl (C=O) groups is 2. The van der Waals surface area contributed by atoms with Gasteiger partial charge in [-0.3, -0.25) is 4.79 Å². The van der Waals surface area contributed by atoms with Crippen LogP contribution in [0, 0.1) is 0 Å². The van der Waals surface area contributed by atoms with Crippen molar-refractivity contribution >= 4 is 33.8 Å². The Morgan fingerprint density at radius 2 is 1.84 bits per heavy atom. The fourth-order valence-electron chi connectivity index (χ4n) is 2.06. The van der Waals surface area contributed by atoms with E-state index in [2.05, 4.69) is 15.9 Å². The Balaban J connectivity index is 1.98. The highest BCUT2D eigenvalue weighted by Crippen LogP contribution is 2.25. The van der Waals surface area contributed by atoms with E-state index in [0.717, 1.165) is 10.0 Å². The zero-order valence-corrected chi connectivity index (χ0v) is 15.4. The lowest BCUT2D eigenvalue weighted by atomic mass is 10.1. The lowest BCUT2D eigenvalue weighted by Gasteiger charge is -2.09. The SMILES string of the molecule is COc1ccc(C(=O)COC(=O)/C=C/c2ccccc2Br)c(OC)c1. The third kappa shape index (κ3) is 5.19. The first kappa shape index (κ1) is 18.7. The van der Waals surface area contributed by atoms with Crippen LogP contribution in [0.4, 0.5) is 0 Å². The number of ketones is 1. The van der Waals surface area contributed by atoms with Gasteiger partial charge in [0.15, 0.2) is 6.61 Å². The Labute approximate surface area is 154 Å². The molecule has 0 aliphatic carbocycles. The number of methoxy groups -OCH3 is 2. The van der Waals surface area contributed by atoms with Crippen molar-refractivity contribution in [2.75, 3.05) is 20.8 Å². The van der Waals surface area contributed by atoms with Gasteiger partial charge in [0.05, 0.1) is 19.8 Å². The molecule has 2 rings (SSSR count). The van der Waals surface area contributed by atoms with Crippen LogP contribution in [0.5, 0.6) is 11.5 Å². The van der Waals surface area contributed by atoms with Gasteiger partial charge in [-0.2, -0.15) is 0 Å². The first-order valence-electron chi connectivity index (χ1n) is 7.39. The minimum Gasteiger partial charge on any atom is -0.497 e. The lowest BCUT2D eigenvalue weighted by molar-refractivity contribution is -0.136. The molecule has 0 heterocycles. The van der Waals surface area contributed by atoms with Crippen LogP contribution in [0.3, 0.4) is 0 Å². The lowest BCUT2D eigenvalue weighted by Crippen LogP contribution is -2.13. The normalized spacial score (nSPS) is 10.5. The van der Waals surface area contributed by atoms with Gasteiger partial charge < -0.3 is 14.2 Å². The number of halogens is 1. The number of carbonyl (C=O) groups excluding carboxylic acids is 2. The van der Waals surface area contributed by atoms with Crippen molar-refractivity contribution in [3.8, 4) is 11.5 Å². The van der Waals surface area contributed by atoms with Gasteiger partial charge in [-0.25, -0.2) is 4.79 Å². The molecule has 0 fully saturated rings. The maximum atomic E-state index is 12.2. The summed E-state index contributed by atoms with van der Waals surface area (Å²) in [6, 6.07) is 12.3. The molecule has 0 bridgehead atoms. The predicted molar refractivity (Wildman–Crippen MR) is 98.0 cm³/mol. The van der Waals surface area contributed by atoms with E-state index in [1.165, 1.54) is 20.3 Å². The van der Waals surface area contributed by atoms with Gasteiger partial charge >= 0.3 is 5.97 Å². The van der Waals surface area contributed by atoms with E-state index in [1.807, 2.05) is 24.3 Å². The molecule has 2 aromatic carbocycles. The first-order chi connectivity index (χ1) is 12.0. The van der Waals surface area contributed by atoms with Crippen LogP contribution < -0.4 is 9.47 Å². The Morgan fingerprint density at radius 1 is 1.08 bits per heavy atom. The molecule has 5 nitrogen and oxygen atoms in total. The molecule has 25 heavy (non-hydrogen) atoms. The van der Waals surface area contributed by atoms with Crippen LogP contribution in [0.2, 0.25) is 0 Å². The molecule has 0 spiro atoms. The molecule has 6 heteroatoms. The summed E-state index contributed by atoms with van der Waals surface area (Å²) in [5.41, 5.74) is 1.16. The maximum Gasteiger partial charge on any atom is 0.331 e. The first-order valence-corrected chi connectivity index (χ1v) is 8.19. The van der Waals surface area contributed by atoms with E-state index in [1.54, 1.807) is 24.3 Å². The smallest absolute Gasteiger partial charge is 0.331 e. The van der Waals surface area contributed by atoms with Gasteiger partial charge in [0.25, 0.3) is 0 Å². The van der Waals surface area contributed by atoms with Crippen molar-refractivity contribution in [1.29, 1.82) is 0 Å². The zero-order chi connectivity index (χ0) is 18.2. The molecular weight excluding hydrogens is 388 g/mol. The highest BCUT2D eigenvalue weighted by Gasteiger charge is 2.15. The van der Waals surface area contributed by atoms with Crippen molar-refractivity contribution in [3.63, 3.8) is 0 Å². The van der Waals surface area contributed by atoms with Crippen molar-refractivity contribution in [2.24, 2.45) is 0 Å². The molecule has 130 valence electrons. The summed E-state index contributed by atoms with van der Waals surface area (Å²) >= 11 is 3.39. The van der Waals surface area contributed by atoms with Gasteiger partial charge in [0.1, 0.15) is 11.5 Å². The van der Waals surface area contributed by atoms with E-state index < -0.39 is 5.97 Å². The number of esters is 1. The molecule has 0 radical (unpaired) electrons. The number of benzene rings is 2. The second kappa shape index (κ2) is 9.03. The average molecular weight is 405 g/mol. The van der Waals surface area contributed by atoms with E-state index in [4.69, 9.17) is 14.2 Å². The number of Topliss-reactive ketones (excluding diaryl/α,β-unsaturated/α-hetero) is 1. The van der Waals surface area contributed by atoms with Gasteiger partial charge in [-0.05, 0) is 29.8 Å². The van der Waals surface area contributed by atoms with Crippen LogP contribution >= 0.6 is 15.9 Å². The van der Waals surface area contributed by atoms with Crippen LogP contribution in [0.25, 0.3) is 6.08 Å². The topological polar surface area (TPSA) is 61.8 Å². The largest absolute Gasteiger partial charge is 0.497 e. The van der Waals surface area contributed by atoms with E-state index in [9.17, 15) is 9.59 Å². The fourth-order valence-corrected chi connectivity index (χ4v) is 2.48. The highest BCUT2D eigenvalue weighted by atomic mass is 79.9. The summed E-state index contributed by atoms with van der Waals surface area (Å²) in [7, 11) is 2.98. The Morgan fingerprint density at radius 3 is 2.52 bits per heavy atom. The van der Waals surface area contributed by atoms with Gasteiger partial charge in [0.2, 0.25) is 5.78 Å². The van der Waals surface area contributed by atoms with E-state index in [0.29, 0.717) is 17.1 Å². The van der Waals surface area contributed by atoms with Crippen LogP contribution in [-0.4, -0.2) is 32.6 Å². The molecule has 2 aromatic rings. The summed E-state index contributed by atoms with van der Waals surface area (Å²) in [5.74, 6) is -0.0235. The molecule has 0 aromatic heterocycles. The Hall–Kier alpha value is -2.60. The van der Waals surface area contributed by atoms with Gasteiger partial charge in [0, 0.05) is 16.6 Å². The average Bonchev–Trinajstić information content (AvgIpc) is 2.64. The second-order valence-corrected chi connectivity index (χ2v) is 5.81. The molecule has 0 unspecified atom stereocenters. The molecule has 0 saturated carbocycles. The van der Waals surface area contributed by atoms with Crippen LogP contribution in [0.1, 0.15) is 15.9 Å². The summed E-state index contributed by atoms with van der Waals surface area (Å²) in [6.45, 7) is -0.373. The second-order valence-electron chi connectivity index (χ2n) is 4.95. The summed E-state index contributed by atoms with van der Waals surface area (Å²) in [5, 5.41) is 0. The van der Waals surface area contributed by atoms with Gasteiger partial charge in [-0.1, -0.05) is 34.1 Å². The molecule has 0 aliphatic heterocycles. The number of ether oxygens (including phenoxy) is 3. The molecular formula is C19H17BrO5. The molecule has 0 N–H and O–H groups in total. The standard InChI is InChI=1S/C19H17BrO5/c1-23-14-8-9-15(18(11-14)24-2)17(21)12-25-19(22)10-7-13-5-3-4-6-16(13)20/h3-11H,12H2,1-2H3/b10-7+. The fraction of sp³-hybridized carbons (Fsp3) is 0.158. The van der Waals surface area contributed by atoms with Gasteiger partial charge in [-0.15, -0.1) is 0 Å².